The summed E-state index contributed by atoms with van der Waals surface area (Å²) in [5.41, 5.74) is 1.23. The van der Waals surface area contributed by atoms with Gasteiger partial charge in [-0.25, -0.2) is 0 Å². The summed E-state index contributed by atoms with van der Waals surface area (Å²) in [5.74, 6) is 2.39. The molecule has 0 spiro atoms. The van der Waals surface area contributed by atoms with Crippen molar-refractivity contribution in [3.8, 4) is 5.75 Å². The summed E-state index contributed by atoms with van der Waals surface area (Å²) in [6.07, 6.45) is 4.99. The Labute approximate surface area is 130 Å². The molecule has 0 amide bonds. The molecule has 0 bridgehead atoms. The molecule has 1 N–H and O–H groups in total. The molecule has 0 radical (unpaired) electrons. The van der Waals surface area contributed by atoms with Crippen molar-refractivity contribution in [2.45, 2.75) is 19.3 Å². The van der Waals surface area contributed by atoms with E-state index < -0.39 is 0 Å². The lowest BCUT2D eigenvalue weighted by atomic mass is 10.1. The van der Waals surface area contributed by atoms with Crippen LogP contribution in [0.15, 0.2) is 30.5 Å². The van der Waals surface area contributed by atoms with Gasteiger partial charge in [-0.05, 0) is 37.0 Å². The summed E-state index contributed by atoms with van der Waals surface area (Å²) in [4.78, 5) is 6.72. The van der Waals surface area contributed by atoms with Gasteiger partial charge in [-0.1, -0.05) is 12.1 Å². The fourth-order valence-corrected chi connectivity index (χ4v) is 2.59. The van der Waals surface area contributed by atoms with Crippen LogP contribution in [0.25, 0.3) is 0 Å². The second-order valence-electron chi connectivity index (χ2n) is 5.36. The molecule has 0 atom stereocenters. The molecule has 22 heavy (non-hydrogen) atoms. The molecule has 6 heteroatoms. The van der Waals surface area contributed by atoms with Crippen molar-refractivity contribution in [3.63, 3.8) is 0 Å². The van der Waals surface area contributed by atoms with E-state index >= 15 is 0 Å². The lowest BCUT2D eigenvalue weighted by Crippen LogP contribution is -2.21. The fourth-order valence-electron chi connectivity index (χ4n) is 2.59. The van der Waals surface area contributed by atoms with Crippen molar-refractivity contribution in [1.29, 1.82) is 0 Å². The lowest BCUT2D eigenvalue weighted by Gasteiger charge is -2.14. The first-order chi connectivity index (χ1) is 10.8. The lowest BCUT2D eigenvalue weighted by molar-refractivity contribution is 0.414. The number of nitrogens with zero attached hydrogens (tertiary/aromatic N) is 4. The highest BCUT2D eigenvalue weighted by Gasteiger charge is 2.15. The van der Waals surface area contributed by atoms with Crippen LogP contribution >= 0.6 is 0 Å². The number of rotatable bonds is 6. The average molecular weight is 299 g/mol. The third-order valence-corrected chi connectivity index (χ3v) is 3.79. The predicted octanol–water partition coefficient (Wildman–Crippen LogP) is 2.13. The third-order valence-electron chi connectivity index (χ3n) is 3.79. The molecule has 1 aliphatic rings. The van der Waals surface area contributed by atoms with E-state index in [9.17, 15) is 0 Å². The van der Waals surface area contributed by atoms with Crippen molar-refractivity contribution in [1.82, 2.24) is 15.2 Å². The number of nitrogens with one attached hydrogen (secondary N) is 1. The van der Waals surface area contributed by atoms with Crippen LogP contribution in [0.5, 0.6) is 5.75 Å². The largest absolute Gasteiger partial charge is 0.497 e. The first-order valence-electron chi connectivity index (χ1n) is 7.66. The zero-order valence-corrected chi connectivity index (χ0v) is 12.8. The number of methoxy groups -OCH3 is 1. The Morgan fingerprint density at radius 1 is 1.27 bits per heavy atom. The van der Waals surface area contributed by atoms with Crippen LogP contribution in [0.3, 0.4) is 0 Å². The van der Waals surface area contributed by atoms with E-state index in [1.165, 1.54) is 18.4 Å². The summed E-state index contributed by atoms with van der Waals surface area (Å²) in [7, 11) is 1.68. The quantitative estimate of drug-likeness (QED) is 0.881. The Balaban J connectivity index is 1.55. The van der Waals surface area contributed by atoms with Crippen LogP contribution < -0.4 is 15.0 Å². The first kappa shape index (κ1) is 14.6. The molecule has 3 rings (SSSR count). The SMILES string of the molecule is COc1cccc(CCNc2cnnc(N3CCCC3)n2)c1. The summed E-state index contributed by atoms with van der Waals surface area (Å²) >= 11 is 0. The number of benzene rings is 1. The molecule has 1 saturated heterocycles. The summed E-state index contributed by atoms with van der Waals surface area (Å²) < 4.78 is 5.24. The van der Waals surface area contributed by atoms with Crippen molar-refractivity contribution >= 4 is 11.8 Å². The second kappa shape index (κ2) is 7.06. The Kier molecular flexibility index (Phi) is 4.68. The summed E-state index contributed by atoms with van der Waals surface area (Å²) in [6, 6.07) is 8.10. The molecule has 1 aromatic heterocycles. The van der Waals surface area contributed by atoms with E-state index in [0.29, 0.717) is 0 Å². The molecule has 1 aromatic carbocycles. The zero-order valence-electron chi connectivity index (χ0n) is 12.8. The highest BCUT2D eigenvalue weighted by atomic mass is 16.5. The number of hydrogen-bond donors (Lipinski definition) is 1. The molecular formula is C16H21N5O. The molecule has 6 nitrogen and oxygen atoms in total. The van der Waals surface area contributed by atoms with E-state index in [4.69, 9.17) is 4.74 Å². The van der Waals surface area contributed by atoms with Crippen LogP contribution in [0.2, 0.25) is 0 Å². The van der Waals surface area contributed by atoms with Gasteiger partial charge in [0, 0.05) is 19.6 Å². The first-order valence-corrected chi connectivity index (χ1v) is 7.66. The van der Waals surface area contributed by atoms with Crippen molar-refractivity contribution in [2.75, 3.05) is 37.0 Å². The van der Waals surface area contributed by atoms with Crippen molar-refractivity contribution in [3.05, 3.63) is 36.0 Å². The molecule has 1 fully saturated rings. The monoisotopic (exact) mass is 299 g/mol. The van der Waals surface area contributed by atoms with Gasteiger partial charge in [0.15, 0.2) is 5.82 Å². The number of ether oxygens (including phenoxy) is 1. The van der Waals surface area contributed by atoms with Gasteiger partial charge in [-0.3, -0.25) is 0 Å². The predicted molar refractivity (Wildman–Crippen MR) is 86.5 cm³/mol. The molecule has 2 aromatic rings. The minimum Gasteiger partial charge on any atom is -0.497 e. The minimum atomic E-state index is 0.726. The van der Waals surface area contributed by atoms with Gasteiger partial charge in [0.1, 0.15) is 5.75 Å². The fraction of sp³-hybridized carbons (Fsp3) is 0.438. The Morgan fingerprint density at radius 3 is 2.95 bits per heavy atom. The van der Waals surface area contributed by atoms with E-state index in [1.54, 1.807) is 13.3 Å². The smallest absolute Gasteiger partial charge is 0.247 e. The highest BCUT2D eigenvalue weighted by molar-refractivity contribution is 5.39. The Morgan fingerprint density at radius 2 is 2.14 bits per heavy atom. The van der Waals surface area contributed by atoms with Gasteiger partial charge in [0.05, 0.1) is 13.3 Å². The molecule has 1 aliphatic heterocycles. The van der Waals surface area contributed by atoms with Gasteiger partial charge in [0.2, 0.25) is 5.95 Å². The Hall–Kier alpha value is -2.37. The molecule has 0 saturated carbocycles. The summed E-state index contributed by atoms with van der Waals surface area (Å²) in [5, 5.41) is 11.5. The maximum atomic E-state index is 5.24. The van der Waals surface area contributed by atoms with Crippen molar-refractivity contribution < 1.29 is 4.74 Å². The summed E-state index contributed by atoms with van der Waals surface area (Å²) in [6.45, 7) is 2.84. The van der Waals surface area contributed by atoms with Crippen molar-refractivity contribution in [2.24, 2.45) is 0 Å². The molecule has 2 heterocycles. The molecule has 0 aliphatic carbocycles. The second-order valence-corrected chi connectivity index (χ2v) is 5.36. The van der Waals surface area contributed by atoms with Gasteiger partial charge in [0.25, 0.3) is 0 Å². The topological polar surface area (TPSA) is 63.2 Å². The van der Waals surface area contributed by atoms with Crippen LogP contribution in [0.1, 0.15) is 18.4 Å². The van der Waals surface area contributed by atoms with Crippen LogP contribution in [0, 0.1) is 0 Å². The Bertz CT molecular complexity index is 613. The third kappa shape index (κ3) is 3.63. The maximum Gasteiger partial charge on any atom is 0.247 e. The molecule has 0 unspecified atom stereocenters. The van der Waals surface area contributed by atoms with E-state index in [1.807, 2.05) is 12.1 Å². The van der Waals surface area contributed by atoms with E-state index in [2.05, 4.69) is 37.5 Å². The minimum absolute atomic E-state index is 0.726. The normalized spacial score (nSPS) is 14.1. The maximum absolute atomic E-state index is 5.24. The van der Waals surface area contributed by atoms with Crippen LogP contribution in [0.4, 0.5) is 11.8 Å². The van der Waals surface area contributed by atoms with Gasteiger partial charge >= 0.3 is 0 Å². The molecule has 116 valence electrons. The van der Waals surface area contributed by atoms with Gasteiger partial charge < -0.3 is 15.0 Å². The van der Waals surface area contributed by atoms with E-state index in [-0.39, 0.29) is 0 Å². The average Bonchev–Trinajstić information content (AvgIpc) is 3.10. The number of hydrogen-bond acceptors (Lipinski definition) is 6. The van der Waals surface area contributed by atoms with Gasteiger partial charge in [-0.2, -0.15) is 10.1 Å². The number of anilines is 2. The molecular weight excluding hydrogens is 278 g/mol. The van der Waals surface area contributed by atoms with Crippen LogP contribution in [-0.2, 0) is 6.42 Å². The van der Waals surface area contributed by atoms with Gasteiger partial charge in [-0.15, -0.1) is 5.10 Å². The van der Waals surface area contributed by atoms with E-state index in [0.717, 1.165) is 43.6 Å². The van der Waals surface area contributed by atoms with Crippen LogP contribution in [-0.4, -0.2) is 41.9 Å². The standard InChI is InChI=1S/C16H21N5O/c1-22-14-6-4-5-13(11-14)7-8-17-15-12-18-20-16(19-15)21-9-2-3-10-21/h4-6,11-12H,2-3,7-10H2,1H3,(H,17,19,20). The highest BCUT2D eigenvalue weighted by Crippen LogP contribution is 2.16. The zero-order chi connectivity index (χ0) is 15.2. The number of aromatic nitrogens is 3.